The molecule has 2 aliphatic rings. The average molecular weight is 185 g/mol. The fourth-order valence-electron chi connectivity index (χ4n) is 2.04. The van der Waals surface area contributed by atoms with Gasteiger partial charge in [0.15, 0.2) is 0 Å². The molecule has 0 aromatic rings. The molecule has 1 saturated heterocycles. The first kappa shape index (κ1) is 8.42. The second kappa shape index (κ2) is 3.69. The average Bonchev–Trinajstić information content (AvgIpc) is 2.25. The molecule has 0 unspecified atom stereocenters. The van der Waals surface area contributed by atoms with Gasteiger partial charge in [-0.1, -0.05) is 12.8 Å². The van der Waals surface area contributed by atoms with Crippen molar-refractivity contribution in [1.82, 2.24) is 5.32 Å². The van der Waals surface area contributed by atoms with Crippen LogP contribution in [0.15, 0.2) is 0 Å². The zero-order valence-corrected chi connectivity index (χ0v) is 8.03. The molecule has 2 rings (SSSR count). The Hall–Kier alpha value is -0.180. The molecule has 1 aliphatic heterocycles. The van der Waals surface area contributed by atoms with Gasteiger partial charge in [0, 0.05) is 23.5 Å². The number of carbonyl (C=O) groups excluding carboxylic acids is 1. The predicted molar refractivity (Wildman–Crippen MR) is 51.3 cm³/mol. The lowest BCUT2D eigenvalue weighted by atomic mass is 9.95. The third kappa shape index (κ3) is 1.76. The van der Waals surface area contributed by atoms with Crippen molar-refractivity contribution in [3.8, 4) is 0 Å². The predicted octanol–water partition coefficient (Wildman–Crippen LogP) is 1.55. The lowest BCUT2D eigenvalue weighted by molar-refractivity contribution is -0.121. The molecule has 0 bridgehead atoms. The lowest BCUT2D eigenvalue weighted by Crippen LogP contribution is -2.41. The molecule has 1 N–H and O–H groups in total. The molecular weight excluding hydrogens is 170 g/mol. The fourth-order valence-corrected chi connectivity index (χ4v) is 3.42. The van der Waals surface area contributed by atoms with E-state index in [2.05, 4.69) is 5.32 Å². The van der Waals surface area contributed by atoms with Crippen molar-refractivity contribution in [2.24, 2.45) is 0 Å². The van der Waals surface area contributed by atoms with Crippen molar-refractivity contribution in [1.29, 1.82) is 0 Å². The van der Waals surface area contributed by atoms with Gasteiger partial charge in [0.25, 0.3) is 0 Å². The van der Waals surface area contributed by atoms with E-state index in [-0.39, 0.29) is 5.91 Å². The van der Waals surface area contributed by atoms with Crippen LogP contribution in [0.2, 0.25) is 0 Å². The quantitative estimate of drug-likeness (QED) is 0.620. The molecular formula is C9H15NOS. The van der Waals surface area contributed by atoms with E-state index in [9.17, 15) is 4.79 Å². The summed E-state index contributed by atoms with van der Waals surface area (Å²) >= 11 is 1.99. The van der Waals surface area contributed by atoms with Crippen molar-refractivity contribution in [3.63, 3.8) is 0 Å². The second-order valence-corrected chi connectivity index (χ2v) is 4.96. The van der Waals surface area contributed by atoms with Crippen molar-refractivity contribution < 1.29 is 4.79 Å². The molecule has 12 heavy (non-hydrogen) atoms. The van der Waals surface area contributed by atoms with Gasteiger partial charge in [-0.25, -0.2) is 0 Å². The van der Waals surface area contributed by atoms with Gasteiger partial charge in [-0.05, 0) is 12.8 Å². The molecule has 68 valence electrons. The number of hydrogen-bond donors (Lipinski definition) is 1. The smallest absolute Gasteiger partial charge is 0.221 e. The fraction of sp³-hybridized carbons (Fsp3) is 0.889. The van der Waals surface area contributed by atoms with E-state index in [1.54, 1.807) is 0 Å². The minimum Gasteiger partial charge on any atom is -0.352 e. The highest BCUT2D eigenvalue weighted by Crippen LogP contribution is 2.30. The van der Waals surface area contributed by atoms with E-state index in [0.717, 1.165) is 12.2 Å². The normalized spacial score (nSPS) is 36.5. The second-order valence-electron chi connectivity index (χ2n) is 3.62. The summed E-state index contributed by atoms with van der Waals surface area (Å²) in [5, 5.41) is 3.83. The maximum absolute atomic E-state index is 11.2. The number of fused-ring (bicyclic) bond motifs is 1. The van der Waals surface area contributed by atoms with Gasteiger partial charge in [0.1, 0.15) is 0 Å². The maximum Gasteiger partial charge on any atom is 0.221 e. The Kier molecular flexibility index (Phi) is 2.59. The van der Waals surface area contributed by atoms with E-state index in [0.29, 0.717) is 11.3 Å². The van der Waals surface area contributed by atoms with Gasteiger partial charge in [-0.2, -0.15) is 11.8 Å². The first-order valence-electron chi connectivity index (χ1n) is 4.77. The van der Waals surface area contributed by atoms with Crippen LogP contribution in [0.4, 0.5) is 0 Å². The monoisotopic (exact) mass is 185 g/mol. The molecule has 2 atom stereocenters. The van der Waals surface area contributed by atoms with Crippen molar-refractivity contribution in [2.75, 3.05) is 5.75 Å². The van der Waals surface area contributed by atoms with Gasteiger partial charge in [0.2, 0.25) is 5.91 Å². The standard InChI is InChI=1S/C9H15NOS/c11-9-5-6-12-8-4-2-1-3-7(8)10-9/h7-8H,1-6H2,(H,10,11)/t7-,8-/m1/s1. The van der Waals surface area contributed by atoms with E-state index in [1.807, 2.05) is 11.8 Å². The van der Waals surface area contributed by atoms with Gasteiger partial charge in [0.05, 0.1) is 0 Å². The Labute approximate surface area is 77.5 Å². The largest absolute Gasteiger partial charge is 0.352 e. The summed E-state index contributed by atoms with van der Waals surface area (Å²) in [6.45, 7) is 0. The SMILES string of the molecule is O=C1CCS[C@@H]2CCCC[C@H]2N1. The summed E-state index contributed by atoms with van der Waals surface area (Å²) in [7, 11) is 0. The van der Waals surface area contributed by atoms with Gasteiger partial charge < -0.3 is 5.32 Å². The van der Waals surface area contributed by atoms with E-state index >= 15 is 0 Å². The van der Waals surface area contributed by atoms with Gasteiger partial charge in [-0.3, -0.25) is 4.79 Å². The Balaban J connectivity index is 2.01. The molecule has 1 amide bonds. The summed E-state index contributed by atoms with van der Waals surface area (Å²) < 4.78 is 0. The maximum atomic E-state index is 11.2. The summed E-state index contributed by atoms with van der Waals surface area (Å²) in [5.41, 5.74) is 0. The van der Waals surface area contributed by atoms with Crippen LogP contribution in [0.1, 0.15) is 32.1 Å². The molecule has 3 heteroatoms. The summed E-state index contributed by atoms with van der Waals surface area (Å²) in [5.74, 6) is 1.28. The number of hydrogen-bond acceptors (Lipinski definition) is 2. The highest BCUT2D eigenvalue weighted by molar-refractivity contribution is 8.00. The molecule has 0 aromatic carbocycles. The summed E-state index contributed by atoms with van der Waals surface area (Å²) in [6.07, 6.45) is 5.86. The molecule has 2 nitrogen and oxygen atoms in total. The van der Waals surface area contributed by atoms with E-state index in [1.165, 1.54) is 25.7 Å². The lowest BCUT2D eigenvalue weighted by Gasteiger charge is -2.29. The first-order chi connectivity index (χ1) is 5.86. The van der Waals surface area contributed by atoms with Crippen LogP contribution in [0.25, 0.3) is 0 Å². The summed E-state index contributed by atoms with van der Waals surface area (Å²) in [6, 6.07) is 0.485. The van der Waals surface area contributed by atoms with Crippen LogP contribution in [-0.4, -0.2) is 23.0 Å². The molecule has 0 spiro atoms. The highest BCUT2D eigenvalue weighted by Gasteiger charge is 2.28. The molecule has 1 heterocycles. The van der Waals surface area contributed by atoms with E-state index < -0.39 is 0 Å². The van der Waals surface area contributed by atoms with Crippen LogP contribution in [0.5, 0.6) is 0 Å². The molecule has 0 aromatic heterocycles. The van der Waals surface area contributed by atoms with E-state index in [4.69, 9.17) is 0 Å². The summed E-state index contributed by atoms with van der Waals surface area (Å²) in [4.78, 5) is 11.2. The molecule has 1 saturated carbocycles. The van der Waals surface area contributed by atoms with Crippen LogP contribution in [0.3, 0.4) is 0 Å². The molecule has 1 aliphatic carbocycles. The number of carbonyl (C=O) groups is 1. The number of amides is 1. The van der Waals surface area contributed by atoms with Gasteiger partial charge in [-0.15, -0.1) is 0 Å². The minimum absolute atomic E-state index is 0.261. The molecule has 0 radical (unpaired) electrons. The highest BCUT2D eigenvalue weighted by atomic mass is 32.2. The Morgan fingerprint density at radius 2 is 2.17 bits per heavy atom. The Morgan fingerprint density at radius 1 is 1.33 bits per heavy atom. The number of thioether (sulfide) groups is 1. The zero-order chi connectivity index (χ0) is 8.39. The van der Waals surface area contributed by atoms with Crippen LogP contribution >= 0.6 is 11.8 Å². The molecule has 2 fully saturated rings. The van der Waals surface area contributed by atoms with Crippen LogP contribution in [-0.2, 0) is 4.79 Å². The van der Waals surface area contributed by atoms with Gasteiger partial charge >= 0.3 is 0 Å². The zero-order valence-electron chi connectivity index (χ0n) is 7.21. The Morgan fingerprint density at radius 3 is 3.08 bits per heavy atom. The third-order valence-corrected chi connectivity index (χ3v) is 4.14. The number of nitrogens with one attached hydrogen (secondary N) is 1. The van der Waals surface area contributed by atoms with Crippen molar-refractivity contribution in [2.45, 2.75) is 43.4 Å². The Bertz CT molecular complexity index is 183. The van der Waals surface area contributed by atoms with Crippen molar-refractivity contribution >= 4 is 17.7 Å². The first-order valence-corrected chi connectivity index (χ1v) is 5.82. The minimum atomic E-state index is 0.261. The topological polar surface area (TPSA) is 29.1 Å². The third-order valence-electron chi connectivity index (χ3n) is 2.71. The van der Waals surface area contributed by atoms with Crippen LogP contribution < -0.4 is 5.32 Å². The number of rotatable bonds is 0. The van der Waals surface area contributed by atoms with Crippen molar-refractivity contribution in [3.05, 3.63) is 0 Å². The van der Waals surface area contributed by atoms with Crippen LogP contribution in [0, 0.1) is 0 Å².